The Balaban J connectivity index is 3.58. The first-order valence-electron chi connectivity index (χ1n) is 34.4. The molecular formula is C77H128O5. The largest absolute Gasteiger partial charge is 0.462 e. The molecule has 1 N–H and O–H groups in total. The highest BCUT2D eigenvalue weighted by atomic mass is 16.6. The van der Waals surface area contributed by atoms with Crippen LogP contribution in [0.4, 0.5) is 0 Å². The zero-order chi connectivity index (χ0) is 59.1. The van der Waals surface area contributed by atoms with Crippen LogP contribution >= 0.6 is 0 Å². The molecule has 0 radical (unpaired) electrons. The van der Waals surface area contributed by atoms with Gasteiger partial charge in [0.15, 0.2) is 6.10 Å². The molecule has 0 aliphatic carbocycles. The van der Waals surface area contributed by atoms with Gasteiger partial charge in [-0.25, -0.2) is 0 Å². The van der Waals surface area contributed by atoms with Crippen molar-refractivity contribution < 1.29 is 24.2 Å². The van der Waals surface area contributed by atoms with E-state index in [0.29, 0.717) is 12.8 Å². The van der Waals surface area contributed by atoms with Gasteiger partial charge in [0.1, 0.15) is 6.61 Å². The van der Waals surface area contributed by atoms with Crippen molar-refractivity contribution in [2.24, 2.45) is 0 Å². The fourth-order valence-electron chi connectivity index (χ4n) is 9.50. The van der Waals surface area contributed by atoms with Crippen LogP contribution in [0.1, 0.15) is 309 Å². The minimum atomic E-state index is -0.793. The van der Waals surface area contributed by atoms with Crippen molar-refractivity contribution in [3.63, 3.8) is 0 Å². The minimum Gasteiger partial charge on any atom is -0.462 e. The summed E-state index contributed by atoms with van der Waals surface area (Å²) in [4.78, 5) is 24.6. The van der Waals surface area contributed by atoms with E-state index in [9.17, 15) is 14.7 Å². The monoisotopic (exact) mass is 1130 g/mol. The third kappa shape index (κ3) is 68.3. The Morgan fingerprint density at radius 3 is 0.805 bits per heavy atom. The molecule has 0 aromatic heterocycles. The van der Waals surface area contributed by atoms with Crippen molar-refractivity contribution in [2.45, 2.75) is 315 Å². The van der Waals surface area contributed by atoms with Gasteiger partial charge in [-0.1, -0.05) is 320 Å². The van der Waals surface area contributed by atoms with Crippen LogP contribution in [0, 0.1) is 0 Å². The van der Waals surface area contributed by atoms with Crippen LogP contribution in [0.3, 0.4) is 0 Å². The zero-order valence-electron chi connectivity index (χ0n) is 53.5. The molecule has 0 saturated heterocycles. The van der Waals surface area contributed by atoms with Crippen molar-refractivity contribution in [2.75, 3.05) is 13.2 Å². The topological polar surface area (TPSA) is 72.8 Å². The molecular weight excluding hydrogens is 1000 g/mol. The summed E-state index contributed by atoms with van der Waals surface area (Å²) in [6, 6.07) is 0. The van der Waals surface area contributed by atoms with Crippen LogP contribution in [0.15, 0.2) is 146 Å². The van der Waals surface area contributed by atoms with Gasteiger partial charge in [-0.15, -0.1) is 0 Å². The molecule has 82 heavy (non-hydrogen) atoms. The highest BCUT2D eigenvalue weighted by Crippen LogP contribution is 2.16. The molecule has 466 valence electrons. The average molecular weight is 1130 g/mol. The third-order valence-corrected chi connectivity index (χ3v) is 14.6. The van der Waals surface area contributed by atoms with Gasteiger partial charge in [0.25, 0.3) is 0 Å². The molecule has 0 saturated carbocycles. The molecule has 5 heteroatoms. The quantitative estimate of drug-likeness (QED) is 0.0373. The number of hydrogen-bond acceptors (Lipinski definition) is 5. The first kappa shape index (κ1) is 77.8. The molecule has 0 heterocycles. The molecule has 0 aliphatic heterocycles. The number of rotatable bonds is 62. The van der Waals surface area contributed by atoms with E-state index < -0.39 is 6.10 Å². The van der Waals surface area contributed by atoms with Gasteiger partial charge in [0.2, 0.25) is 0 Å². The lowest BCUT2D eigenvalue weighted by molar-refractivity contribution is -0.161. The fourth-order valence-corrected chi connectivity index (χ4v) is 9.50. The normalized spacial score (nSPS) is 13.2. The van der Waals surface area contributed by atoms with Crippen LogP contribution in [0.5, 0.6) is 0 Å². The predicted octanol–water partition coefficient (Wildman–Crippen LogP) is 24.1. The Morgan fingerprint density at radius 2 is 0.524 bits per heavy atom. The van der Waals surface area contributed by atoms with Crippen molar-refractivity contribution in [1.29, 1.82) is 0 Å². The standard InChI is InChI=1S/C77H128O5/c1-3-5-7-9-11-13-15-17-19-21-23-25-27-29-31-33-34-35-36-37-38-39-40-41-42-44-46-48-50-52-54-56-58-60-62-64-66-68-70-72-77(80)82-75(73-78)74-81-76(79)71-69-67-65-63-61-59-57-55-53-51-49-47-45-43-32-30-28-26-24-22-20-18-16-14-12-10-8-6-4-2/h5,7,11,13,17,19,22-25,29,31,34-35,37-38,40-41,44,46,50,52,56,58,75,78H,3-4,6,8-10,12,14-16,18,20-21,26-28,30,32-33,36,39,42-43,45,47-49,51,53-55,57,59-74H2,1-2H3/b7-5-,13-11-,19-17-,24-22-,25-23-,31-29-,35-34-,38-37-,41-40-,46-44-,52-50-,58-56-. The lowest BCUT2D eigenvalue weighted by atomic mass is 10.0. The Hall–Kier alpha value is -4.22. The Morgan fingerprint density at radius 1 is 0.293 bits per heavy atom. The van der Waals surface area contributed by atoms with Gasteiger partial charge in [-0.05, 0) is 122 Å². The number of ether oxygens (including phenoxy) is 2. The Kier molecular flexibility index (Phi) is 67.4. The first-order chi connectivity index (χ1) is 40.6. The van der Waals surface area contributed by atoms with Gasteiger partial charge in [0.05, 0.1) is 6.61 Å². The SMILES string of the molecule is CC/C=C\C/C=C\C/C=C\C/C=C\C/C=C\C/C=C\C/C=C\C/C=C\C/C=C\C/C=C\C/C=C\CCCCCCCC(=O)OC(CO)COC(=O)CCCCCCCCCCCCCCCCCCC/C=C\CCCCCCCCCC. The minimum absolute atomic E-state index is 0.0796. The number of hydrogen-bond donors (Lipinski definition) is 1. The summed E-state index contributed by atoms with van der Waals surface area (Å²) in [5.74, 6) is -0.612. The second kappa shape index (κ2) is 71.0. The Bertz CT molecular complexity index is 1710. The summed E-state index contributed by atoms with van der Waals surface area (Å²) in [7, 11) is 0. The first-order valence-corrected chi connectivity index (χ1v) is 34.4. The summed E-state index contributed by atoms with van der Waals surface area (Å²) in [5, 5.41) is 9.69. The molecule has 0 rings (SSSR count). The van der Waals surface area contributed by atoms with E-state index >= 15 is 0 Å². The molecule has 1 unspecified atom stereocenters. The van der Waals surface area contributed by atoms with E-state index in [1.54, 1.807) is 0 Å². The van der Waals surface area contributed by atoms with Crippen LogP contribution in [-0.4, -0.2) is 36.4 Å². The van der Waals surface area contributed by atoms with E-state index in [4.69, 9.17) is 9.47 Å². The predicted molar refractivity (Wildman–Crippen MR) is 361 cm³/mol. The van der Waals surface area contributed by atoms with E-state index in [1.807, 2.05) is 0 Å². The van der Waals surface area contributed by atoms with Crippen molar-refractivity contribution in [3.8, 4) is 0 Å². The molecule has 5 nitrogen and oxygen atoms in total. The summed E-state index contributed by atoms with van der Waals surface area (Å²) in [6.45, 7) is 4.03. The van der Waals surface area contributed by atoms with Gasteiger partial charge < -0.3 is 14.6 Å². The number of unbranched alkanes of at least 4 members (excludes halogenated alkanes) is 30. The second-order valence-electron chi connectivity index (χ2n) is 22.5. The maximum Gasteiger partial charge on any atom is 0.306 e. The van der Waals surface area contributed by atoms with E-state index in [-0.39, 0.29) is 25.2 Å². The van der Waals surface area contributed by atoms with E-state index in [2.05, 4.69) is 160 Å². The molecule has 0 fully saturated rings. The number of aliphatic hydroxyl groups is 1. The summed E-state index contributed by atoms with van der Waals surface area (Å²) in [6.07, 6.45) is 107. The van der Waals surface area contributed by atoms with Gasteiger partial charge in [-0.2, -0.15) is 0 Å². The Labute approximate surface area is 508 Å². The molecule has 0 aromatic carbocycles. The smallest absolute Gasteiger partial charge is 0.306 e. The number of carbonyl (C=O) groups is 2. The molecule has 1 atom stereocenters. The summed E-state index contributed by atoms with van der Waals surface area (Å²) < 4.78 is 10.7. The van der Waals surface area contributed by atoms with Crippen molar-refractivity contribution >= 4 is 11.9 Å². The molecule has 0 bridgehead atoms. The summed E-state index contributed by atoms with van der Waals surface area (Å²) in [5.41, 5.74) is 0. The summed E-state index contributed by atoms with van der Waals surface area (Å²) >= 11 is 0. The molecule has 0 aromatic rings. The van der Waals surface area contributed by atoms with Crippen molar-refractivity contribution in [1.82, 2.24) is 0 Å². The number of carbonyl (C=O) groups excluding carboxylic acids is 2. The highest BCUT2D eigenvalue weighted by Gasteiger charge is 2.16. The second-order valence-corrected chi connectivity index (χ2v) is 22.5. The number of esters is 2. The van der Waals surface area contributed by atoms with E-state index in [1.165, 1.54) is 154 Å². The average Bonchev–Trinajstić information content (AvgIpc) is 3.49. The fraction of sp³-hybridized carbons (Fsp3) is 0.662. The van der Waals surface area contributed by atoms with Crippen LogP contribution in [-0.2, 0) is 19.1 Å². The number of aliphatic hydroxyl groups excluding tert-OH is 1. The lowest BCUT2D eigenvalue weighted by Crippen LogP contribution is -2.28. The number of allylic oxidation sites excluding steroid dienone is 24. The molecule has 0 amide bonds. The zero-order valence-corrected chi connectivity index (χ0v) is 53.5. The van der Waals surface area contributed by atoms with E-state index in [0.717, 1.165) is 128 Å². The molecule has 0 aliphatic rings. The van der Waals surface area contributed by atoms with Crippen LogP contribution < -0.4 is 0 Å². The van der Waals surface area contributed by atoms with Gasteiger partial charge >= 0.3 is 11.9 Å². The third-order valence-electron chi connectivity index (χ3n) is 14.6. The maximum atomic E-state index is 12.4. The molecule has 0 spiro atoms. The van der Waals surface area contributed by atoms with Gasteiger partial charge in [-0.3, -0.25) is 9.59 Å². The van der Waals surface area contributed by atoms with Gasteiger partial charge in [0, 0.05) is 12.8 Å². The van der Waals surface area contributed by atoms with Crippen molar-refractivity contribution in [3.05, 3.63) is 146 Å². The maximum absolute atomic E-state index is 12.4. The lowest BCUT2D eigenvalue weighted by Gasteiger charge is -2.15. The van der Waals surface area contributed by atoms with Crippen LogP contribution in [0.25, 0.3) is 0 Å². The van der Waals surface area contributed by atoms with Crippen LogP contribution in [0.2, 0.25) is 0 Å². The highest BCUT2D eigenvalue weighted by molar-refractivity contribution is 5.70.